The molecule has 1 aromatic heterocycles. The Kier molecular flexibility index (Phi) is 4.68. The highest BCUT2D eigenvalue weighted by molar-refractivity contribution is 5.79. The Balaban J connectivity index is 1.87. The molecule has 1 heterocycles. The smallest absolute Gasteiger partial charge is 0.0705 e. The van der Waals surface area contributed by atoms with E-state index >= 15 is 0 Å². The van der Waals surface area contributed by atoms with Crippen LogP contribution in [0.5, 0.6) is 0 Å². The van der Waals surface area contributed by atoms with Crippen molar-refractivity contribution >= 4 is 10.9 Å². The average molecular weight is 267 g/mol. The first-order chi connectivity index (χ1) is 9.93. The summed E-state index contributed by atoms with van der Waals surface area (Å²) in [4.78, 5) is 4.94. The summed E-state index contributed by atoms with van der Waals surface area (Å²) in [7, 11) is 0. The second kappa shape index (κ2) is 6.88. The van der Waals surface area contributed by atoms with Crippen LogP contribution in [0.1, 0.15) is 62.6 Å². The van der Waals surface area contributed by atoms with Crippen molar-refractivity contribution in [1.82, 2.24) is 4.98 Å². The van der Waals surface area contributed by atoms with Crippen LogP contribution in [0.4, 0.5) is 0 Å². The molecule has 2 aromatic rings. The van der Waals surface area contributed by atoms with Gasteiger partial charge in [0.05, 0.1) is 5.52 Å². The molecule has 0 atom stereocenters. The summed E-state index contributed by atoms with van der Waals surface area (Å²) in [5.74, 6) is 0. The molecule has 0 bridgehead atoms. The van der Waals surface area contributed by atoms with Gasteiger partial charge in [0, 0.05) is 11.1 Å². The second-order valence-electron chi connectivity index (χ2n) is 6.12. The number of rotatable bonds is 0. The van der Waals surface area contributed by atoms with E-state index in [1.807, 2.05) is 0 Å². The van der Waals surface area contributed by atoms with Crippen LogP contribution in [-0.2, 0) is 12.8 Å². The zero-order valence-corrected chi connectivity index (χ0v) is 12.4. The van der Waals surface area contributed by atoms with Crippen LogP contribution in [0.15, 0.2) is 30.3 Å². The Morgan fingerprint density at radius 2 is 1.35 bits per heavy atom. The summed E-state index contributed by atoms with van der Waals surface area (Å²) in [6, 6.07) is 10.9. The fraction of sp³-hybridized carbons (Fsp3) is 0.526. The largest absolute Gasteiger partial charge is 0.253 e. The van der Waals surface area contributed by atoms with Gasteiger partial charge in [-0.25, -0.2) is 0 Å². The second-order valence-corrected chi connectivity index (χ2v) is 6.12. The molecule has 0 fully saturated rings. The van der Waals surface area contributed by atoms with Gasteiger partial charge in [0.1, 0.15) is 0 Å². The lowest BCUT2D eigenvalue weighted by Crippen LogP contribution is -2.00. The van der Waals surface area contributed by atoms with Crippen molar-refractivity contribution in [3.8, 4) is 0 Å². The number of aromatic nitrogens is 1. The van der Waals surface area contributed by atoms with E-state index in [0.29, 0.717) is 0 Å². The van der Waals surface area contributed by atoms with Crippen molar-refractivity contribution in [2.75, 3.05) is 0 Å². The Morgan fingerprint density at radius 1 is 0.700 bits per heavy atom. The normalized spacial score (nSPS) is 18.0. The molecule has 0 saturated heterocycles. The molecule has 0 spiro atoms. The van der Waals surface area contributed by atoms with Crippen LogP contribution in [0, 0.1) is 0 Å². The van der Waals surface area contributed by atoms with Gasteiger partial charge in [-0.3, -0.25) is 4.98 Å². The molecular weight excluding hydrogens is 242 g/mol. The highest BCUT2D eigenvalue weighted by Gasteiger charge is 2.08. The number of nitrogens with zero attached hydrogens (tertiary/aromatic N) is 1. The summed E-state index contributed by atoms with van der Waals surface area (Å²) >= 11 is 0. The molecule has 1 nitrogen and oxygen atoms in total. The van der Waals surface area contributed by atoms with Crippen LogP contribution in [0.25, 0.3) is 10.9 Å². The van der Waals surface area contributed by atoms with Gasteiger partial charge in [-0.05, 0) is 43.4 Å². The SMILES string of the molecule is c1ccc2nc3c(cc2c1)CCCCCCCCCC3. The van der Waals surface area contributed by atoms with Crippen LogP contribution < -0.4 is 0 Å². The van der Waals surface area contributed by atoms with Crippen LogP contribution in [-0.4, -0.2) is 4.98 Å². The van der Waals surface area contributed by atoms with Gasteiger partial charge in [0.25, 0.3) is 0 Å². The Bertz CT molecular complexity index is 508. The number of pyridine rings is 1. The summed E-state index contributed by atoms with van der Waals surface area (Å²) in [6.45, 7) is 0. The van der Waals surface area contributed by atoms with Gasteiger partial charge in [0.15, 0.2) is 0 Å². The third-order valence-electron chi connectivity index (χ3n) is 4.50. The number of benzene rings is 1. The molecule has 0 aliphatic heterocycles. The first-order valence-electron chi connectivity index (χ1n) is 8.31. The zero-order chi connectivity index (χ0) is 13.6. The molecule has 1 aliphatic carbocycles. The minimum atomic E-state index is 1.17. The lowest BCUT2D eigenvalue weighted by Gasteiger charge is -2.12. The van der Waals surface area contributed by atoms with Crippen molar-refractivity contribution in [2.45, 2.75) is 64.2 Å². The minimum Gasteiger partial charge on any atom is -0.253 e. The Morgan fingerprint density at radius 3 is 2.15 bits per heavy atom. The van der Waals surface area contributed by atoms with Crippen molar-refractivity contribution in [3.63, 3.8) is 0 Å². The maximum Gasteiger partial charge on any atom is 0.0705 e. The van der Waals surface area contributed by atoms with Crippen LogP contribution in [0.3, 0.4) is 0 Å². The highest BCUT2D eigenvalue weighted by atomic mass is 14.7. The van der Waals surface area contributed by atoms with Crippen LogP contribution >= 0.6 is 0 Å². The Hall–Kier alpha value is -1.37. The van der Waals surface area contributed by atoms with Crippen molar-refractivity contribution < 1.29 is 0 Å². The molecule has 20 heavy (non-hydrogen) atoms. The maximum atomic E-state index is 4.94. The summed E-state index contributed by atoms with van der Waals surface area (Å²) in [6.07, 6.45) is 13.4. The average Bonchev–Trinajstić information content (AvgIpc) is 2.47. The van der Waals surface area contributed by atoms with E-state index in [1.54, 1.807) is 0 Å². The molecule has 3 rings (SSSR count). The first kappa shape index (κ1) is 13.6. The molecule has 1 aliphatic rings. The van der Waals surface area contributed by atoms with Crippen molar-refractivity contribution in [1.29, 1.82) is 0 Å². The van der Waals surface area contributed by atoms with E-state index in [-0.39, 0.29) is 0 Å². The topological polar surface area (TPSA) is 12.9 Å². The van der Waals surface area contributed by atoms with E-state index < -0.39 is 0 Å². The number of para-hydroxylation sites is 1. The maximum absolute atomic E-state index is 4.94. The lowest BCUT2D eigenvalue weighted by atomic mass is 9.97. The predicted octanol–water partition coefficient (Wildman–Crippen LogP) is 5.45. The van der Waals surface area contributed by atoms with Gasteiger partial charge < -0.3 is 0 Å². The van der Waals surface area contributed by atoms with Gasteiger partial charge >= 0.3 is 0 Å². The third-order valence-corrected chi connectivity index (χ3v) is 4.50. The number of aryl methyl sites for hydroxylation is 2. The lowest BCUT2D eigenvalue weighted by molar-refractivity contribution is 0.557. The number of hydrogen-bond donors (Lipinski definition) is 0. The first-order valence-corrected chi connectivity index (χ1v) is 8.31. The number of fused-ring (bicyclic) bond motifs is 2. The monoisotopic (exact) mass is 267 g/mol. The molecule has 106 valence electrons. The highest BCUT2D eigenvalue weighted by Crippen LogP contribution is 2.22. The fourth-order valence-corrected chi connectivity index (χ4v) is 3.30. The minimum absolute atomic E-state index is 1.17. The molecular formula is C19H25N. The molecule has 0 N–H and O–H groups in total. The standard InChI is InChI=1S/C19H25N/c1-2-4-6-8-13-18-16(11-7-5-3-1)15-17-12-9-10-14-19(17)20-18/h9-10,12,14-15H,1-8,11,13H2. The third kappa shape index (κ3) is 3.39. The number of hydrogen-bond acceptors (Lipinski definition) is 1. The molecule has 1 aromatic carbocycles. The van der Waals surface area contributed by atoms with Crippen LogP contribution in [0.2, 0.25) is 0 Å². The fourth-order valence-electron chi connectivity index (χ4n) is 3.30. The summed E-state index contributed by atoms with van der Waals surface area (Å²) in [5, 5.41) is 1.30. The van der Waals surface area contributed by atoms with E-state index in [1.165, 1.54) is 86.4 Å². The van der Waals surface area contributed by atoms with Gasteiger partial charge in [-0.1, -0.05) is 56.7 Å². The zero-order valence-electron chi connectivity index (χ0n) is 12.4. The predicted molar refractivity (Wildman–Crippen MR) is 86.1 cm³/mol. The Labute approximate surface area is 122 Å². The summed E-state index contributed by atoms with van der Waals surface area (Å²) < 4.78 is 0. The van der Waals surface area contributed by atoms with E-state index in [9.17, 15) is 0 Å². The van der Waals surface area contributed by atoms with Gasteiger partial charge in [-0.2, -0.15) is 0 Å². The van der Waals surface area contributed by atoms with E-state index in [4.69, 9.17) is 4.98 Å². The molecule has 0 radical (unpaired) electrons. The summed E-state index contributed by atoms with van der Waals surface area (Å²) in [5.41, 5.74) is 4.03. The van der Waals surface area contributed by atoms with E-state index in [0.717, 1.165) is 0 Å². The quantitative estimate of drug-likeness (QED) is 0.618. The van der Waals surface area contributed by atoms with Gasteiger partial charge in [-0.15, -0.1) is 0 Å². The molecule has 1 heteroatoms. The molecule has 0 amide bonds. The van der Waals surface area contributed by atoms with Gasteiger partial charge in [0.2, 0.25) is 0 Å². The van der Waals surface area contributed by atoms with Crippen molar-refractivity contribution in [3.05, 3.63) is 41.6 Å². The molecule has 0 saturated carbocycles. The molecule has 0 unspecified atom stereocenters. The van der Waals surface area contributed by atoms with E-state index in [2.05, 4.69) is 30.3 Å². The van der Waals surface area contributed by atoms with Crippen molar-refractivity contribution in [2.24, 2.45) is 0 Å².